The lowest BCUT2D eigenvalue weighted by Gasteiger charge is -2.36. The number of aromatic nitrogens is 1. The van der Waals surface area contributed by atoms with Crippen LogP contribution in [0.4, 0.5) is 0 Å². The van der Waals surface area contributed by atoms with Gasteiger partial charge in [0.05, 0.1) is 6.20 Å². The number of para-hydroxylation sites is 1. The second-order valence-corrected chi connectivity index (χ2v) is 6.24. The van der Waals surface area contributed by atoms with Gasteiger partial charge in [-0.25, -0.2) is 0 Å². The Morgan fingerprint density at radius 1 is 1.13 bits per heavy atom. The molecule has 0 saturated carbocycles. The quantitative estimate of drug-likeness (QED) is 0.886. The van der Waals surface area contributed by atoms with Crippen LogP contribution in [-0.4, -0.2) is 35.1 Å². The first-order valence-corrected chi connectivity index (χ1v) is 8.28. The fourth-order valence-corrected chi connectivity index (χ4v) is 3.33. The number of hydrogen-bond donors (Lipinski definition) is 1. The molecular formula is C19H24N2O2. The molecule has 0 saturated heterocycles. The monoisotopic (exact) mass is 312 g/mol. The van der Waals surface area contributed by atoms with E-state index in [1.807, 2.05) is 30.3 Å². The molecule has 0 bridgehead atoms. The molecule has 0 amide bonds. The second-order valence-electron chi connectivity index (χ2n) is 6.24. The highest BCUT2D eigenvalue weighted by Crippen LogP contribution is 2.48. The third kappa shape index (κ3) is 3.09. The molecule has 1 aliphatic heterocycles. The minimum atomic E-state index is -1.01. The van der Waals surface area contributed by atoms with Gasteiger partial charge < -0.3 is 14.7 Å². The molecule has 1 aliphatic rings. The predicted octanol–water partition coefficient (Wildman–Crippen LogP) is 3.55. The first-order valence-electron chi connectivity index (χ1n) is 8.28. The summed E-state index contributed by atoms with van der Waals surface area (Å²) in [5, 5.41) is 11.5. The molecule has 3 rings (SSSR count). The molecular weight excluding hydrogens is 288 g/mol. The van der Waals surface area contributed by atoms with E-state index in [9.17, 15) is 5.11 Å². The zero-order valence-electron chi connectivity index (χ0n) is 13.8. The first-order chi connectivity index (χ1) is 11.1. The van der Waals surface area contributed by atoms with Crippen molar-refractivity contribution >= 4 is 0 Å². The van der Waals surface area contributed by atoms with Crippen LogP contribution >= 0.6 is 0 Å². The summed E-state index contributed by atoms with van der Waals surface area (Å²) >= 11 is 0. The summed E-state index contributed by atoms with van der Waals surface area (Å²) in [6.45, 7) is 4.24. The van der Waals surface area contributed by atoms with Crippen molar-refractivity contribution < 1.29 is 9.84 Å². The minimum Gasteiger partial charge on any atom is -0.455 e. The van der Waals surface area contributed by atoms with Crippen LogP contribution in [0, 0.1) is 0 Å². The van der Waals surface area contributed by atoms with E-state index < -0.39 is 5.60 Å². The summed E-state index contributed by atoms with van der Waals surface area (Å²) in [6.07, 6.45) is 6.12. The van der Waals surface area contributed by atoms with E-state index in [-0.39, 0.29) is 0 Å². The summed E-state index contributed by atoms with van der Waals surface area (Å²) in [5.74, 6) is 1.37. The number of benzene rings is 1. The van der Waals surface area contributed by atoms with Crippen LogP contribution < -0.4 is 4.74 Å². The van der Waals surface area contributed by atoms with Crippen LogP contribution in [0.25, 0.3) is 0 Å². The molecule has 122 valence electrons. The number of pyridine rings is 1. The zero-order chi connectivity index (χ0) is 16.3. The van der Waals surface area contributed by atoms with Crippen molar-refractivity contribution in [2.75, 3.05) is 20.1 Å². The standard InChI is InChI=1S/C19H24N2O2/c1-3-12-21(2)13-6-10-19(22)15-7-4-5-8-17(15)23-18-14-20-11-9-16(18)19/h4-5,7-9,11,14,22H,3,6,10,12-13H2,1-2H3. The number of aliphatic hydroxyl groups is 1. The van der Waals surface area contributed by atoms with Gasteiger partial charge in [-0.05, 0) is 51.5 Å². The van der Waals surface area contributed by atoms with Crippen LogP contribution in [0.3, 0.4) is 0 Å². The molecule has 2 aromatic rings. The third-order valence-corrected chi connectivity index (χ3v) is 4.47. The van der Waals surface area contributed by atoms with Gasteiger partial charge in [0.2, 0.25) is 0 Å². The van der Waals surface area contributed by atoms with E-state index in [2.05, 4.69) is 23.9 Å². The molecule has 1 aromatic carbocycles. The average Bonchev–Trinajstić information content (AvgIpc) is 2.55. The maximum Gasteiger partial charge on any atom is 0.152 e. The average molecular weight is 312 g/mol. The molecule has 0 fully saturated rings. The summed E-state index contributed by atoms with van der Waals surface area (Å²) in [5.41, 5.74) is 0.640. The lowest BCUT2D eigenvalue weighted by molar-refractivity contribution is 0.0553. The van der Waals surface area contributed by atoms with Crippen molar-refractivity contribution in [3.63, 3.8) is 0 Å². The Labute approximate surface area is 137 Å². The van der Waals surface area contributed by atoms with Crippen molar-refractivity contribution in [2.45, 2.75) is 31.8 Å². The highest BCUT2D eigenvalue weighted by Gasteiger charge is 2.39. The highest BCUT2D eigenvalue weighted by atomic mass is 16.5. The molecule has 1 unspecified atom stereocenters. The lowest BCUT2D eigenvalue weighted by atomic mass is 9.80. The summed E-state index contributed by atoms with van der Waals surface area (Å²) in [7, 11) is 2.13. The lowest BCUT2D eigenvalue weighted by Crippen LogP contribution is -2.32. The SMILES string of the molecule is CCCN(C)CCCC1(O)c2ccccc2Oc2cnccc21. The normalized spacial score (nSPS) is 19.1. The Morgan fingerprint density at radius 3 is 2.74 bits per heavy atom. The number of nitrogens with zero attached hydrogens (tertiary/aromatic N) is 2. The molecule has 1 N–H and O–H groups in total. The van der Waals surface area contributed by atoms with Crippen LogP contribution in [0.15, 0.2) is 42.7 Å². The molecule has 1 aromatic heterocycles. The Hall–Kier alpha value is -1.91. The third-order valence-electron chi connectivity index (χ3n) is 4.47. The van der Waals surface area contributed by atoms with Crippen molar-refractivity contribution in [3.8, 4) is 11.5 Å². The molecule has 1 atom stereocenters. The zero-order valence-corrected chi connectivity index (χ0v) is 13.8. The Kier molecular flexibility index (Phi) is 4.64. The molecule has 0 radical (unpaired) electrons. The Balaban J connectivity index is 1.87. The van der Waals surface area contributed by atoms with Crippen molar-refractivity contribution in [1.82, 2.24) is 9.88 Å². The van der Waals surface area contributed by atoms with Crippen LogP contribution in [0.5, 0.6) is 11.5 Å². The predicted molar refractivity (Wildman–Crippen MR) is 90.8 cm³/mol. The van der Waals surface area contributed by atoms with Gasteiger partial charge in [0.1, 0.15) is 11.4 Å². The maximum atomic E-state index is 11.5. The topological polar surface area (TPSA) is 45.6 Å². The second kappa shape index (κ2) is 6.69. The largest absolute Gasteiger partial charge is 0.455 e. The fraction of sp³-hybridized carbons (Fsp3) is 0.421. The molecule has 0 spiro atoms. The Morgan fingerprint density at radius 2 is 1.91 bits per heavy atom. The van der Waals surface area contributed by atoms with Gasteiger partial charge in [-0.1, -0.05) is 25.1 Å². The van der Waals surface area contributed by atoms with Crippen LogP contribution in [-0.2, 0) is 5.60 Å². The Bertz CT molecular complexity index is 626. The van der Waals surface area contributed by atoms with Crippen molar-refractivity contribution in [1.29, 1.82) is 0 Å². The van der Waals surface area contributed by atoms with Gasteiger partial charge >= 0.3 is 0 Å². The maximum absolute atomic E-state index is 11.5. The first kappa shape index (κ1) is 16.0. The van der Waals surface area contributed by atoms with Gasteiger partial charge in [0.15, 0.2) is 5.75 Å². The van der Waals surface area contributed by atoms with E-state index in [1.165, 1.54) is 0 Å². The number of hydrogen-bond acceptors (Lipinski definition) is 4. The highest BCUT2D eigenvalue weighted by molar-refractivity contribution is 5.54. The fourth-order valence-electron chi connectivity index (χ4n) is 3.33. The van der Waals surface area contributed by atoms with Gasteiger partial charge in [-0.3, -0.25) is 4.98 Å². The molecule has 23 heavy (non-hydrogen) atoms. The molecule has 2 heterocycles. The van der Waals surface area contributed by atoms with E-state index in [0.29, 0.717) is 12.2 Å². The summed E-state index contributed by atoms with van der Waals surface area (Å²) in [4.78, 5) is 6.43. The molecule has 0 aliphatic carbocycles. The summed E-state index contributed by atoms with van der Waals surface area (Å²) in [6, 6.07) is 9.59. The number of rotatable bonds is 6. The van der Waals surface area contributed by atoms with E-state index in [4.69, 9.17) is 4.74 Å². The number of fused-ring (bicyclic) bond motifs is 2. The minimum absolute atomic E-state index is 0.649. The van der Waals surface area contributed by atoms with Crippen molar-refractivity contribution in [3.05, 3.63) is 53.9 Å². The molecule has 4 nitrogen and oxygen atoms in total. The van der Waals surface area contributed by atoms with E-state index in [0.717, 1.165) is 42.8 Å². The van der Waals surface area contributed by atoms with Gasteiger partial charge in [-0.2, -0.15) is 0 Å². The molecule has 4 heteroatoms. The summed E-state index contributed by atoms with van der Waals surface area (Å²) < 4.78 is 5.91. The van der Waals surface area contributed by atoms with Crippen LogP contribution in [0.2, 0.25) is 0 Å². The van der Waals surface area contributed by atoms with Crippen LogP contribution in [0.1, 0.15) is 37.3 Å². The van der Waals surface area contributed by atoms with Gasteiger partial charge in [0, 0.05) is 17.3 Å². The van der Waals surface area contributed by atoms with E-state index in [1.54, 1.807) is 12.4 Å². The van der Waals surface area contributed by atoms with Gasteiger partial charge in [0.25, 0.3) is 0 Å². The smallest absolute Gasteiger partial charge is 0.152 e. The van der Waals surface area contributed by atoms with Gasteiger partial charge in [-0.15, -0.1) is 0 Å². The van der Waals surface area contributed by atoms with Crippen molar-refractivity contribution in [2.24, 2.45) is 0 Å². The number of ether oxygens (including phenoxy) is 1. The van der Waals surface area contributed by atoms with E-state index >= 15 is 0 Å².